The van der Waals surface area contributed by atoms with Crippen molar-refractivity contribution >= 4 is 23.2 Å². The molecule has 0 aliphatic carbocycles. The number of ether oxygens (including phenoxy) is 2. The van der Waals surface area contributed by atoms with Gasteiger partial charge in [0.15, 0.2) is 0 Å². The lowest BCUT2D eigenvalue weighted by Gasteiger charge is -2.15. The van der Waals surface area contributed by atoms with Crippen LogP contribution >= 0.6 is 23.2 Å². The van der Waals surface area contributed by atoms with E-state index in [0.29, 0.717) is 16.7 Å². The highest BCUT2D eigenvalue weighted by atomic mass is 35.5. The number of nitrogens with zero attached hydrogens (tertiary/aromatic N) is 2. The maximum atomic E-state index is 6.10. The summed E-state index contributed by atoms with van der Waals surface area (Å²) in [6.45, 7) is 2.26. The molecule has 1 aliphatic heterocycles. The highest BCUT2D eigenvalue weighted by molar-refractivity contribution is 6.32. The topological polar surface area (TPSA) is 34.6 Å². The first-order valence-corrected chi connectivity index (χ1v) is 6.48. The van der Waals surface area contributed by atoms with Crippen LogP contribution in [-0.2, 0) is 16.0 Å². The summed E-state index contributed by atoms with van der Waals surface area (Å²) < 4.78 is 10.8. The first kappa shape index (κ1) is 14.0. The Morgan fingerprint density at radius 3 is 2.39 bits per heavy atom. The second kappa shape index (κ2) is 6.17. The predicted octanol–water partition coefficient (Wildman–Crippen LogP) is 2.23. The molecule has 1 aromatic rings. The molecule has 1 aliphatic rings. The highest BCUT2D eigenvalue weighted by Gasteiger charge is 2.33. The van der Waals surface area contributed by atoms with Crippen LogP contribution < -0.4 is 0 Å². The molecule has 0 N–H and O–H groups in total. The number of aromatic nitrogens is 1. The average molecular weight is 291 g/mol. The summed E-state index contributed by atoms with van der Waals surface area (Å²) in [6.07, 6.45) is 0.181. The lowest BCUT2D eigenvalue weighted by Crippen LogP contribution is -2.27. The summed E-state index contributed by atoms with van der Waals surface area (Å²) >= 11 is 12.0. The Morgan fingerprint density at radius 2 is 1.83 bits per heavy atom. The van der Waals surface area contributed by atoms with Gasteiger partial charge >= 0.3 is 0 Å². The third kappa shape index (κ3) is 3.13. The van der Waals surface area contributed by atoms with E-state index in [-0.39, 0.29) is 12.2 Å². The number of hydrogen-bond donors (Lipinski definition) is 0. The summed E-state index contributed by atoms with van der Waals surface area (Å²) in [5.74, 6) is 0. The lowest BCUT2D eigenvalue weighted by molar-refractivity contribution is -0.00461. The van der Waals surface area contributed by atoms with Crippen LogP contribution in [0.15, 0.2) is 12.1 Å². The van der Waals surface area contributed by atoms with E-state index in [1.165, 1.54) is 0 Å². The molecule has 0 amide bonds. The number of halogens is 2. The second-order valence-electron chi connectivity index (χ2n) is 4.30. The number of pyridine rings is 1. The van der Waals surface area contributed by atoms with Crippen molar-refractivity contribution in [3.05, 3.63) is 28.0 Å². The first-order chi connectivity index (χ1) is 8.63. The predicted molar refractivity (Wildman–Crippen MR) is 71.1 cm³/mol. The Kier molecular flexibility index (Phi) is 4.81. The van der Waals surface area contributed by atoms with Crippen LogP contribution in [0.2, 0.25) is 10.2 Å². The van der Waals surface area contributed by atoms with Gasteiger partial charge in [-0.3, -0.25) is 4.90 Å². The highest BCUT2D eigenvalue weighted by Crippen LogP contribution is 2.22. The van der Waals surface area contributed by atoms with E-state index in [1.54, 1.807) is 26.4 Å². The van der Waals surface area contributed by atoms with Crippen molar-refractivity contribution < 1.29 is 9.47 Å². The standard InChI is InChI=1S/C12H16Cl2N2O2/c1-17-10-6-16(7-11(10)18-2)5-9-8(13)3-4-12(14)15-9/h3-4,10-11H,5-7H2,1-2H3. The van der Waals surface area contributed by atoms with Crippen LogP contribution in [0, 0.1) is 0 Å². The molecule has 4 nitrogen and oxygen atoms in total. The van der Waals surface area contributed by atoms with Crippen LogP contribution in [0.25, 0.3) is 0 Å². The zero-order chi connectivity index (χ0) is 13.1. The van der Waals surface area contributed by atoms with E-state index in [1.807, 2.05) is 0 Å². The molecule has 6 heteroatoms. The third-order valence-corrected chi connectivity index (χ3v) is 3.71. The molecular weight excluding hydrogens is 275 g/mol. The summed E-state index contributed by atoms with van der Waals surface area (Å²) in [5.41, 5.74) is 0.788. The molecule has 0 bridgehead atoms. The Hall–Kier alpha value is -0.390. The second-order valence-corrected chi connectivity index (χ2v) is 5.10. The SMILES string of the molecule is COC1CN(Cc2nc(Cl)ccc2Cl)CC1OC. The number of likely N-dealkylation sites (tertiary alicyclic amines) is 1. The van der Waals surface area contributed by atoms with Crippen molar-refractivity contribution in [1.29, 1.82) is 0 Å². The minimum atomic E-state index is 0.0907. The van der Waals surface area contributed by atoms with Crippen molar-refractivity contribution in [3.63, 3.8) is 0 Å². The van der Waals surface area contributed by atoms with Crippen LogP contribution in [0.1, 0.15) is 5.69 Å². The van der Waals surface area contributed by atoms with Gasteiger partial charge in [-0.25, -0.2) is 4.98 Å². The molecule has 18 heavy (non-hydrogen) atoms. The molecule has 2 atom stereocenters. The Labute approximate surface area is 117 Å². The largest absolute Gasteiger partial charge is 0.377 e. The number of hydrogen-bond acceptors (Lipinski definition) is 4. The Bertz CT molecular complexity index is 405. The minimum Gasteiger partial charge on any atom is -0.377 e. The lowest BCUT2D eigenvalue weighted by atomic mass is 10.3. The van der Waals surface area contributed by atoms with Gasteiger partial charge in [0.2, 0.25) is 0 Å². The number of methoxy groups -OCH3 is 2. The molecule has 2 rings (SSSR count). The number of rotatable bonds is 4. The quantitative estimate of drug-likeness (QED) is 0.797. The van der Waals surface area contributed by atoms with Crippen LogP contribution in [0.5, 0.6) is 0 Å². The van der Waals surface area contributed by atoms with Crippen LogP contribution in [0.4, 0.5) is 0 Å². The fourth-order valence-electron chi connectivity index (χ4n) is 2.18. The van der Waals surface area contributed by atoms with Crippen molar-refractivity contribution in [2.75, 3.05) is 27.3 Å². The Morgan fingerprint density at radius 1 is 1.22 bits per heavy atom. The zero-order valence-corrected chi connectivity index (χ0v) is 11.9. The van der Waals surface area contributed by atoms with Gasteiger partial charge in [-0.15, -0.1) is 0 Å². The van der Waals surface area contributed by atoms with E-state index < -0.39 is 0 Å². The summed E-state index contributed by atoms with van der Waals surface area (Å²) in [5, 5.41) is 1.09. The van der Waals surface area contributed by atoms with Gasteiger partial charge < -0.3 is 9.47 Å². The first-order valence-electron chi connectivity index (χ1n) is 5.73. The van der Waals surface area contributed by atoms with Crippen molar-refractivity contribution in [2.24, 2.45) is 0 Å². The van der Waals surface area contributed by atoms with Gasteiger partial charge in [-0.1, -0.05) is 23.2 Å². The van der Waals surface area contributed by atoms with Crippen molar-refractivity contribution in [3.8, 4) is 0 Å². The molecule has 2 unspecified atom stereocenters. The molecule has 1 saturated heterocycles. The third-order valence-electron chi connectivity index (χ3n) is 3.15. The fraction of sp³-hybridized carbons (Fsp3) is 0.583. The summed E-state index contributed by atoms with van der Waals surface area (Å²) in [4.78, 5) is 6.45. The van der Waals surface area contributed by atoms with E-state index in [9.17, 15) is 0 Å². The van der Waals surface area contributed by atoms with Crippen molar-refractivity contribution in [2.45, 2.75) is 18.8 Å². The van der Waals surface area contributed by atoms with E-state index in [4.69, 9.17) is 32.7 Å². The summed E-state index contributed by atoms with van der Waals surface area (Å²) in [6, 6.07) is 3.46. The maximum Gasteiger partial charge on any atom is 0.129 e. The molecule has 0 saturated carbocycles. The van der Waals surface area contributed by atoms with Gasteiger partial charge in [0.05, 0.1) is 22.9 Å². The van der Waals surface area contributed by atoms with Crippen LogP contribution in [0.3, 0.4) is 0 Å². The Balaban J connectivity index is 2.04. The van der Waals surface area contributed by atoms with Gasteiger partial charge in [-0.2, -0.15) is 0 Å². The van der Waals surface area contributed by atoms with Crippen LogP contribution in [-0.4, -0.2) is 49.4 Å². The van der Waals surface area contributed by atoms with E-state index in [2.05, 4.69) is 9.88 Å². The monoisotopic (exact) mass is 290 g/mol. The van der Waals surface area contributed by atoms with Gasteiger partial charge in [-0.05, 0) is 12.1 Å². The molecular formula is C12H16Cl2N2O2. The maximum absolute atomic E-state index is 6.10. The normalized spacial score (nSPS) is 24.7. The summed E-state index contributed by atoms with van der Waals surface area (Å²) in [7, 11) is 3.40. The zero-order valence-electron chi connectivity index (χ0n) is 10.4. The van der Waals surface area contributed by atoms with Gasteiger partial charge in [0.1, 0.15) is 5.15 Å². The molecule has 1 aromatic heterocycles. The van der Waals surface area contributed by atoms with E-state index >= 15 is 0 Å². The van der Waals surface area contributed by atoms with Gasteiger partial charge in [0.25, 0.3) is 0 Å². The molecule has 100 valence electrons. The van der Waals surface area contributed by atoms with Gasteiger partial charge in [0, 0.05) is 33.9 Å². The van der Waals surface area contributed by atoms with Crippen molar-refractivity contribution in [1.82, 2.24) is 9.88 Å². The minimum absolute atomic E-state index is 0.0907. The smallest absolute Gasteiger partial charge is 0.129 e. The van der Waals surface area contributed by atoms with E-state index in [0.717, 1.165) is 18.8 Å². The molecule has 2 heterocycles. The molecule has 0 spiro atoms. The fourth-order valence-corrected chi connectivity index (χ4v) is 2.51. The molecule has 0 radical (unpaired) electrons. The molecule has 0 aromatic carbocycles. The average Bonchev–Trinajstić information content (AvgIpc) is 2.76. The molecule has 1 fully saturated rings.